The van der Waals surface area contributed by atoms with Gasteiger partial charge in [-0.25, -0.2) is 0 Å². The maximum absolute atomic E-state index is 12.4. The largest absolute Gasteiger partial charge is 0.331 e. The van der Waals surface area contributed by atoms with E-state index in [1.54, 1.807) is 11.8 Å². The van der Waals surface area contributed by atoms with E-state index >= 15 is 0 Å². The number of hydrogen-bond acceptors (Lipinski definition) is 2. The number of hydrogen-bond donors (Lipinski definition) is 1. The average molecular weight is 381 g/mol. The molecule has 1 fully saturated rings. The molecule has 1 aliphatic carbocycles. The van der Waals surface area contributed by atoms with Crippen molar-refractivity contribution in [1.29, 1.82) is 0 Å². The van der Waals surface area contributed by atoms with Crippen LogP contribution in [0.2, 0.25) is 0 Å². The average Bonchev–Trinajstić information content (AvgIpc) is 2.76. The van der Waals surface area contributed by atoms with E-state index in [0.29, 0.717) is 0 Å². The molecule has 126 valence electrons. The van der Waals surface area contributed by atoms with Crippen molar-refractivity contribution < 1.29 is 9.59 Å². The summed E-state index contributed by atoms with van der Waals surface area (Å²) in [6.07, 6.45) is 6.75. The number of rotatable bonds is 4. The zero-order chi connectivity index (χ0) is 16.8. The topological polar surface area (TPSA) is 49.4 Å². The summed E-state index contributed by atoms with van der Waals surface area (Å²) in [5, 5.41) is 2.92. The molecular formula is C18H25BrN2O2. The second kappa shape index (κ2) is 8.48. The van der Waals surface area contributed by atoms with E-state index in [1.165, 1.54) is 12.8 Å². The van der Waals surface area contributed by atoms with Gasteiger partial charge in [0, 0.05) is 23.1 Å². The minimum atomic E-state index is -0.130. The van der Waals surface area contributed by atoms with Crippen molar-refractivity contribution in [2.75, 3.05) is 11.9 Å². The van der Waals surface area contributed by atoms with Crippen molar-refractivity contribution in [3.05, 3.63) is 28.2 Å². The van der Waals surface area contributed by atoms with Gasteiger partial charge < -0.3 is 10.2 Å². The Morgan fingerprint density at radius 3 is 2.43 bits per heavy atom. The minimum absolute atomic E-state index is 0.0143. The fraction of sp³-hybridized carbons (Fsp3) is 0.556. The van der Waals surface area contributed by atoms with Crippen LogP contribution < -0.4 is 5.32 Å². The van der Waals surface area contributed by atoms with E-state index in [-0.39, 0.29) is 24.4 Å². The van der Waals surface area contributed by atoms with Crippen molar-refractivity contribution in [2.45, 2.75) is 58.4 Å². The number of benzene rings is 1. The first-order chi connectivity index (χ1) is 11.0. The molecule has 0 spiro atoms. The van der Waals surface area contributed by atoms with Crippen LogP contribution in [0.15, 0.2) is 22.7 Å². The van der Waals surface area contributed by atoms with Crippen molar-refractivity contribution in [2.24, 2.45) is 0 Å². The molecule has 0 unspecified atom stereocenters. The van der Waals surface area contributed by atoms with E-state index in [9.17, 15) is 9.59 Å². The molecule has 1 aliphatic rings. The Bertz CT molecular complexity index is 566. The van der Waals surface area contributed by atoms with Crippen molar-refractivity contribution >= 4 is 33.4 Å². The van der Waals surface area contributed by atoms with Crippen LogP contribution in [0.25, 0.3) is 0 Å². The highest BCUT2D eigenvalue weighted by molar-refractivity contribution is 9.10. The molecule has 23 heavy (non-hydrogen) atoms. The Morgan fingerprint density at radius 2 is 1.87 bits per heavy atom. The van der Waals surface area contributed by atoms with Gasteiger partial charge in [0.25, 0.3) is 0 Å². The van der Waals surface area contributed by atoms with Gasteiger partial charge in [0.1, 0.15) is 6.54 Å². The predicted octanol–water partition coefficient (Wildman–Crippen LogP) is 4.27. The highest BCUT2D eigenvalue weighted by Crippen LogP contribution is 2.23. The molecule has 0 radical (unpaired) electrons. The van der Waals surface area contributed by atoms with Gasteiger partial charge in [0.15, 0.2) is 0 Å². The summed E-state index contributed by atoms with van der Waals surface area (Å²) in [6, 6.07) is 5.94. The van der Waals surface area contributed by atoms with Crippen molar-refractivity contribution in [1.82, 2.24) is 4.90 Å². The maximum Gasteiger partial charge on any atom is 0.244 e. The summed E-state index contributed by atoms with van der Waals surface area (Å²) in [6.45, 7) is 3.65. The molecule has 2 rings (SSSR count). The molecule has 1 saturated carbocycles. The summed E-state index contributed by atoms with van der Waals surface area (Å²) in [7, 11) is 0. The third-order valence-electron chi connectivity index (χ3n) is 4.45. The zero-order valence-corrected chi connectivity index (χ0v) is 15.5. The quantitative estimate of drug-likeness (QED) is 0.792. The van der Waals surface area contributed by atoms with Gasteiger partial charge in [-0.1, -0.05) is 41.6 Å². The van der Waals surface area contributed by atoms with Crippen LogP contribution in [0.4, 0.5) is 5.69 Å². The second-order valence-electron chi connectivity index (χ2n) is 6.30. The van der Waals surface area contributed by atoms with Crippen LogP contribution in [-0.4, -0.2) is 29.3 Å². The third kappa shape index (κ3) is 5.34. The van der Waals surface area contributed by atoms with Gasteiger partial charge in [0.2, 0.25) is 11.8 Å². The van der Waals surface area contributed by atoms with E-state index in [0.717, 1.165) is 41.4 Å². The van der Waals surface area contributed by atoms with Gasteiger partial charge in [-0.3, -0.25) is 9.59 Å². The monoisotopic (exact) mass is 380 g/mol. The van der Waals surface area contributed by atoms with Crippen LogP contribution in [0, 0.1) is 6.92 Å². The van der Waals surface area contributed by atoms with Crippen LogP contribution >= 0.6 is 15.9 Å². The molecule has 1 aromatic rings. The maximum atomic E-state index is 12.4. The molecule has 0 atom stereocenters. The highest BCUT2D eigenvalue weighted by Gasteiger charge is 2.24. The zero-order valence-electron chi connectivity index (χ0n) is 13.9. The molecule has 0 aromatic heterocycles. The number of carbonyl (C=O) groups is 2. The highest BCUT2D eigenvalue weighted by atomic mass is 79.9. The standard InChI is InChI=1S/C18H25BrN2O2/c1-13-11-15(19)9-10-17(13)20-18(23)12-21(14(2)22)16-7-5-3-4-6-8-16/h9-11,16H,3-8,12H2,1-2H3,(H,20,23). The van der Waals surface area contributed by atoms with Gasteiger partial charge in [-0.05, 0) is 43.5 Å². The Morgan fingerprint density at radius 1 is 1.22 bits per heavy atom. The number of amides is 2. The lowest BCUT2D eigenvalue weighted by molar-refractivity contribution is -0.135. The van der Waals surface area contributed by atoms with E-state index < -0.39 is 0 Å². The lowest BCUT2D eigenvalue weighted by Gasteiger charge is -2.29. The third-order valence-corrected chi connectivity index (χ3v) is 4.94. The number of nitrogens with one attached hydrogen (secondary N) is 1. The van der Waals surface area contributed by atoms with Gasteiger partial charge in [0.05, 0.1) is 0 Å². The summed E-state index contributed by atoms with van der Waals surface area (Å²) in [4.78, 5) is 26.1. The van der Waals surface area contributed by atoms with Gasteiger partial charge in [-0.2, -0.15) is 0 Å². The summed E-state index contributed by atoms with van der Waals surface area (Å²) in [5.41, 5.74) is 1.79. The smallest absolute Gasteiger partial charge is 0.244 e. The molecule has 1 N–H and O–H groups in total. The van der Waals surface area contributed by atoms with E-state index in [1.807, 2.05) is 25.1 Å². The first-order valence-corrected chi connectivity index (χ1v) is 9.10. The number of nitrogens with zero attached hydrogens (tertiary/aromatic N) is 1. The SMILES string of the molecule is CC(=O)N(CC(=O)Nc1ccc(Br)cc1C)C1CCCCCC1. The first-order valence-electron chi connectivity index (χ1n) is 8.30. The van der Waals surface area contributed by atoms with Crippen LogP contribution in [0.5, 0.6) is 0 Å². The molecule has 0 bridgehead atoms. The lowest BCUT2D eigenvalue weighted by Crippen LogP contribution is -2.43. The molecule has 2 amide bonds. The Balaban J connectivity index is 2.01. The molecule has 0 aliphatic heterocycles. The summed E-state index contributed by atoms with van der Waals surface area (Å²) in [5.74, 6) is -0.144. The van der Waals surface area contributed by atoms with E-state index in [2.05, 4.69) is 21.2 Å². The normalized spacial score (nSPS) is 15.8. The number of carbonyl (C=O) groups excluding carboxylic acids is 2. The molecule has 1 aromatic carbocycles. The number of anilines is 1. The summed E-state index contributed by atoms with van der Waals surface area (Å²) < 4.78 is 0.983. The molecule has 0 heterocycles. The Labute approximate surface area is 146 Å². The first kappa shape index (κ1) is 18.0. The van der Waals surface area contributed by atoms with E-state index in [4.69, 9.17) is 0 Å². The predicted molar refractivity (Wildman–Crippen MR) is 96.4 cm³/mol. The second-order valence-corrected chi connectivity index (χ2v) is 7.22. The molecular weight excluding hydrogens is 356 g/mol. The number of aryl methyl sites for hydroxylation is 1. The fourth-order valence-electron chi connectivity index (χ4n) is 3.18. The minimum Gasteiger partial charge on any atom is -0.331 e. The molecule has 0 saturated heterocycles. The summed E-state index contributed by atoms with van der Waals surface area (Å²) >= 11 is 3.42. The van der Waals surface area contributed by atoms with Crippen LogP contribution in [-0.2, 0) is 9.59 Å². The number of halogens is 1. The van der Waals surface area contributed by atoms with Gasteiger partial charge in [-0.15, -0.1) is 0 Å². The fourth-order valence-corrected chi connectivity index (χ4v) is 3.65. The Hall–Kier alpha value is -1.36. The van der Waals surface area contributed by atoms with Gasteiger partial charge >= 0.3 is 0 Å². The molecule has 4 nitrogen and oxygen atoms in total. The lowest BCUT2D eigenvalue weighted by atomic mass is 10.1. The van der Waals surface area contributed by atoms with Crippen molar-refractivity contribution in [3.8, 4) is 0 Å². The Kier molecular flexibility index (Phi) is 6.63. The van der Waals surface area contributed by atoms with Crippen molar-refractivity contribution in [3.63, 3.8) is 0 Å². The molecule has 5 heteroatoms. The van der Waals surface area contributed by atoms with Crippen LogP contribution in [0.3, 0.4) is 0 Å². The van der Waals surface area contributed by atoms with Crippen LogP contribution in [0.1, 0.15) is 51.0 Å².